The van der Waals surface area contributed by atoms with Gasteiger partial charge in [-0.2, -0.15) is 10.5 Å². The molecule has 0 fully saturated rings. The summed E-state index contributed by atoms with van der Waals surface area (Å²) < 4.78 is 0. The van der Waals surface area contributed by atoms with Crippen LogP contribution in [0.25, 0.3) is 22.3 Å². The molecule has 0 aliphatic rings. The molecule has 0 atom stereocenters. The Hall–Kier alpha value is -0.0300. The lowest BCUT2D eigenvalue weighted by atomic mass is 10.00. The molecule has 0 aliphatic heterocycles. The number of nitrogens with zero attached hydrogens (tertiary/aromatic N) is 2. The molecule has 194 valence electrons. The first-order valence-electron chi connectivity index (χ1n) is 10.2. The van der Waals surface area contributed by atoms with Crippen molar-refractivity contribution < 1.29 is 0 Å². The topological polar surface area (TPSA) is 47.6 Å². The number of rotatable bonds is 3. The van der Waals surface area contributed by atoms with Gasteiger partial charge in [0.15, 0.2) is 0 Å². The third-order valence-corrected chi connectivity index (χ3v) is 5.52. The molecule has 2 nitrogen and oxygen atoms in total. The van der Waals surface area contributed by atoms with E-state index in [-0.39, 0.29) is 41.0 Å². The molecule has 4 rings (SSSR count). The highest BCUT2D eigenvalue weighted by Crippen LogP contribution is 2.24. The largest absolute Gasteiger partial charge is 0.192 e. The average Bonchev–Trinajstić information content (AvgIpc) is 2.96. The van der Waals surface area contributed by atoms with Gasteiger partial charge >= 0.3 is 0 Å². The number of aryl methyl sites for hydroxylation is 1. The van der Waals surface area contributed by atoms with Crippen molar-refractivity contribution in [3.63, 3.8) is 0 Å². The maximum atomic E-state index is 9.02. The molecule has 0 bridgehead atoms. The first-order chi connectivity index (χ1) is 17.2. The second-order valence-corrected chi connectivity index (χ2v) is 7.57. The number of hydrogen-bond donors (Lipinski definition) is 0. The van der Waals surface area contributed by atoms with Crippen molar-refractivity contribution in [3.8, 4) is 34.4 Å². The van der Waals surface area contributed by atoms with Gasteiger partial charge in [-0.15, -0.1) is 41.0 Å². The third-order valence-electron chi connectivity index (χ3n) is 4.88. The van der Waals surface area contributed by atoms with Gasteiger partial charge in [-0.3, -0.25) is 0 Å². The molecule has 0 heterocycles. The van der Waals surface area contributed by atoms with Crippen molar-refractivity contribution in [3.05, 3.63) is 119 Å². The SMILES string of the molecule is Br.BrBr.Cc1ccc(-c2ccccc2C#N)cc1.I.II.N#Cc1ccccc1-c1ccc(CBr)cc1. The van der Waals surface area contributed by atoms with E-state index in [0.29, 0.717) is 5.56 Å². The molecular weight excluding hydrogens is 1060 g/mol. The molecule has 0 amide bonds. The van der Waals surface area contributed by atoms with E-state index in [1.54, 1.807) is 0 Å². The molecule has 0 aromatic heterocycles. The predicted molar refractivity (Wildman–Crippen MR) is 202 cm³/mol. The summed E-state index contributed by atoms with van der Waals surface area (Å²) >= 11 is 13.2. The minimum absolute atomic E-state index is 0. The zero-order valence-corrected chi connectivity index (χ0v) is 32.7. The van der Waals surface area contributed by atoms with Crippen LogP contribution in [0, 0.1) is 29.6 Å². The van der Waals surface area contributed by atoms with Gasteiger partial charge in [-0.1, -0.05) is 106 Å². The van der Waals surface area contributed by atoms with E-state index in [1.165, 1.54) is 11.1 Å². The molecule has 0 radical (unpaired) electrons. The Kier molecular flexibility index (Phi) is 25.2. The highest BCUT2D eigenvalue weighted by molar-refractivity contribution is 15.0. The van der Waals surface area contributed by atoms with E-state index < -0.39 is 0 Å². The van der Waals surface area contributed by atoms with Gasteiger partial charge in [0.1, 0.15) is 0 Å². The van der Waals surface area contributed by atoms with Crippen molar-refractivity contribution in [1.29, 1.82) is 10.5 Å². The maximum Gasteiger partial charge on any atom is 0.0998 e. The highest BCUT2D eigenvalue weighted by Gasteiger charge is 2.04. The minimum atomic E-state index is 0. The van der Waals surface area contributed by atoms with Crippen molar-refractivity contribution in [1.82, 2.24) is 0 Å². The number of alkyl halides is 1. The summed E-state index contributed by atoms with van der Waals surface area (Å²) in [4.78, 5) is 0. The number of benzene rings is 4. The van der Waals surface area contributed by atoms with Gasteiger partial charge in [0, 0.05) is 70.8 Å². The van der Waals surface area contributed by atoms with Crippen LogP contribution < -0.4 is 0 Å². The summed E-state index contributed by atoms with van der Waals surface area (Å²) in [5.74, 6) is 0. The van der Waals surface area contributed by atoms with Crippen LogP contribution in [0.15, 0.2) is 97.1 Å². The molecule has 4 aromatic carbocycles. The Bertz CT molecular complexity index is 1250. The van der Waals surface area contributed by atoms with E-state index in [0.717, 1.165) is 33.1 Å². The molecule has 37 heavy (non-hydrogen) atoms. The second kappa shape index (κ2) is 23.8. The Balaban J connectivity index is 0. The van der Waals surface area contributed by atoms with E-state index in [1.807, 2.05) is 72.8 Å². The standard InChI is InChI=1S/C14H10BrN.C14H11N.Br2.BrH.I2.HI/c15-9-11-5-7-12(8-6-11)14-4-2-1-3-13(14)10-16;1-11-6-8-12(9-7-11)14-5-3-2-4-13(14)10-15;1-2;;1-2;/h1-8H,9H2;2-9H,1H3;;1H;;1H. The molecule has 0 aliphatic carbocycles. The summed E-state index contributed by atoms with van der Waals surface area (Å²) in [7, 11) is 0. The van der Waals surface area contributed by atoms with Crippen LogP contribution in [0.2, 0.25) is 0 Å². The third kappa shape index (κ3) is 13.3. The molecule has 0 saturated carbocycles. The summed E-state index contributed by atoms with van der Waals surface area (Å²) in [6, 6.07) is 36.2. The first-order valence-corrected chi connectivity index (χ1v) is 21.3. The molecule has 4 aromatic rings. The molecular formula is C28H23Br4I3N2. The van der Waals surface area contributed by atoms with Crippen LogP contribution in [0.4, 0.5) is 0 Å². The van der Waals surface area contributed by atoms with E-state index in [4.69, 9.17) is 10.5 Å². The number of halogens is 7. The fourth-order valence-corrected chi connectivity index (χ4v) is 3.55. The molecule has 0 N–H and O–H groups in total. The lowest BCUT2D eigenvalue weighted by Crippen LogP contribution is -1.84. The normalized spacial score (nSPS) is 8.43. The van der Waals surface area contributed by atoms with E-state index in [2.05, 4.69) is 125 Å². The Morgan fingerprint density at radius 3 is 1.35 bits per heavy atom. The monoisotopic (exact) mass is 1080 g/mol. The van der Waals surface area contributed by atoms with Gasteiger partial charge in [0.2, 0.25) is 0 Å². The summed E-state index contributed by atoms with van der Waals surface area (Å²) in [5.41, 5.74) is 8.08. The zero-order valence-electron chi connectivity index (χ0n) is 19.5. The van der Waals surface area contributed by atoms with Crippen molar-refractivity contribution >= 4 is 122 Å². The van der Waals surface area contributed by atoms with Gasteiger partial charge in [0.05, 0.1) is 23.3 Å². The molecule has 0 spiro atoms. The Labute approximate surface area is 294 Å². The van der Waals surface area contributed by atoms with Crippen molar-refractivity contribution in [2.75, 3.05) is 0 Å². The molecule has 9 heteroatoms. The fraction of sp³-hybridized carbons (Fsp3) is 0.0714. The maximum absolute atomic E-state index is 9.02. The summed E-state index contributed by atoms with van der Waals surface area (Å²) in [6.45, 7) is 2.06. The van der Waals surface area contributed by atoms with E-state index >= 15 is 0 Å². The smallest absolute Gasteiger partial charge is 0.0998 e. The average molecular weight is 1090 g/mol. The highest BCUT2D eigenvalue weighted by atomic mass is 128. The Morgan fingerprint density at radius 2 is 1.00 bits per heavy atom. The van der Waals surface area contributed by atoms with Gasteiger partial charge < -0.3 is 0 Å². The van der Waals surface area contributed by atoms with Crippen LogP contribution in [-0.2, 0) is 5.33 Å². The molecule has 0 saturated heterocycles. The summed E-state index contributed by atoms with van der Waals surface area (Å²) in [6.07, 6.45) is 0. The van der Waals surface area contributed by atoms with Crippen molar-refractivity contribution in [2.45, 2.75) is 12.3 Å². The lowest BCUT2D eigenvalue weighted by molar-refractivity contribution is 1.43. The number of nitriles is 2. The van der Waals surface area contributed by atoms with Crippen LogP contribution in [0.1, 0.15) is 22.3 Å². The van der Waals surface area contributed by atoms with Gasteiger partial charge in [-0.05, 0) is 46.9 Å². The van der Waals surface area contributed by atoms with Crippen LogP contribution in [-0.4, -0.2) is 0 Å². The van der Waals surface area contributed by atoms with Crippen LogP contribution >= 0.6 is 122 Å². The quantitative estimate of drug-likeness (QED) is 0.152. The van der Waals surface area contributed by atoms with E-state index in [9.17, 15) is 0 Å². The fourth-order valence-electron chi connectivity index (χ4n) is 3.17. The zero-order chi connectivity index (χ0) is 26.1. The predicted octanol–water partition coefficient (Wildman–Crippen LogP) is 12.3. The van der Waals surface area contributed by atoms with Gasteiger partial charge in [-0.25, -0.2) is 0 Å². The molecule has 0 unspecified atom stereocenters. The minimum Gasteiger partial charge on any atom is -0.192 e. The van der Waals surface area contributed by atoms with Crippen LogP contribution in [0.3, 0.4) is 0 Å². The van der Waals surface area contributed by atoms with Gasteiger partial charge in [0.25, 0.3) is 0 Å². The number of hydrogen-bond acceptors (Lipinski definition) is 2. The van der Waals surface area contributed by atoms with Crippen LogP contribution in [0.5, 0.6) is 0 Å². The lowest BCUT2D eigenvalue weighted by Gasteiger charge is -2.04. The Morgan fingerprint density at radius 1 is 0.649 bits per heavy atom. The second-order valence-electron chi connectivity index (χ2n) is 7.01. The first kappa shape index (κ1) is 39.1. The summed E-state index contributed by atoms with van der Waals surface area (Å²) in [5, 5.41) is 18.9. The van der Waals surface area contributed by atoms with Crippen molar-refractivity contribution in [2.24, 2.45) is 0 Å².